The Morgan fingerprint density at radius 3 is 2.95 bits per heavy atom. The zero-order valence-corrected chi connectivity index (χ0v) is 12.6. The van der Waals surface area contributed by atoms with Gasteiger partial charge in [-0.1, -0.05) is 17.7 Å². The molecular weight excluding hydrogens is 306 g/mol. The zero-order chi connectivity index (χ0) is 14.7. The maximum absolute atomic E-state index is 12.1. The summed E-state index contributed by atoms with van der Waals surface area (Å²) >= 11 is 7.26. The van der Waals surface area contributed by atoms with Gasteiger partial charge in [0.1, 0.15) is 5.15 Å². The number of carbonyl (C=O) groups excluding carboxylic acids is 1. The molecule has 6 heteroatoms. The lowest BCUT2D eigenvalue weighted by molar-refractivity contribution is 0.0954. The maximum atomic E-state index is 12.1. The predicted molar refractivity (Wildman–Crippen MR) is 84.9 cm³/mol. The Hall–Kier alpha value is -1.98. The average molecular weight is 318 g/mol. The third kappa shape index (κ3) is 3.37. The van der Waals surface area contributed by atoms with E-state index in [-0.39, 0.29) is 5.91 Å². The monoisotopic (exact) mass is 317 g/mol. The molecule has 0 fully saturated rings. The van der Waals surface area contributed by atoms with E-state index in [2.05, 4.69) is 15.3 Å². The van der Waals surface area contributed by atoms with Gasteiger partial charge in [-0.15, -0.1) is 11.3 Å². The second kappa shape index (κ2) is 6.20. The minimum atomic E-state index is -0.0766. The highest BCUT2D eigenvalue weighted by Gasteiger charge is 2.07. The fourth-order valence-corrected chi connectivity index (χ4v) is 2.80. The van der Waals surface area contributed by atoms with Gasteiger partial charge in [0.15, 0.2) is 0 Å². The standard InChI is InChI=1S/C15H12ClN3OS/c16-14-4-1-10(8-18-14)5-6-17-15(20)11-2-3-12-13(7-11)21-9-19-12/h1-4,7-9H,5-6H2,(H,17,20). The van der Waals surface area contributed by atoms with E-state index in [4.69, 9.17) is 11.6 Å². The van der Waals surface area contributed by atoms with Crippen LogP contribution in [0.15, 0.2) is 42.0 Å². The molecule has 0 unspecified atom stereocenters. The van der Waals surface area contributed by atoms with Crippen LogP contribution < -0.4 is 5.32 Å². The van der Waals surface area contributed by atoms with Crippen LogP contribution in [0.25, 0.3) is 10.2 Å². The van der Waals surface area contributed by atoms with Crippen molar-refractivity contribution < 1.29 is 4.79 Å². The first-order valence-electron chi connectivity index (χ1n) is 6.44. The number of aromatic nitrogens is 2. The minimum absolute atomic E-state index is 0.0766. The number of hydrogen-bond acceptors (Lipinski definition) is 4. The number of carbonyl (C=O) groups is 1. The smallest absolute Gasteiger partial charge is 0.251 e. The Bertz CT molecular complexity index is 770. The molecule has 0 bridgehead atoms. The van der Waals surface area contributed by atoms with Crippen LogP contribution in [0.3, 0.4) is 0 Å². The zero-order valence-electron chi connectivity index (χ0n) is 11.0. The van der Waals surface area contributed by atoms with Crippen LogP contribution in [0, 0.1) is 0 Å². The average Bonchev–Trinajstić information content (AvgIpc) is 2.96. The Morgan fingerprint density at radius 1 is 1.24 bits per heavy atom. The van der Waals surface area contributed by atoms with Gasteiger partial charge in [-0.2, -0.15) is 0 Å². The van der Waals surface area contributed by atoms with E-state index in [0.29, 0.717) is 17.3 Å². The Balaban J connectivity index is 1.59. The lowest BCUT2D eigenvalue weighted by atomic mass is 10.2. The first-order chi connectivity index (χ1) is 10.2. The van der Waals surface area contributed by atoms with Gasteiger partial charge in [0.2, 0.25) is 0 Å². The molecule has 2 heterocycles. The molecule has 0 saturated heterocycles. The highest BCUT2D eigenvalue weighted by Crippen LogP contribution is 2.18. The van der Waals surface area contributed by atoms with Crippen LogP contribution in [-0.4, -0.2) is 22.4 Å². The van der Waals surface area contributed by atoms with Crippen molar-refractivity contribution in [3.63, 3.8) is 0 Å². The summed E-state index contributed by atoms with van der Waals surface area (Å²) in [6.07, 6.45) is 2.44. The van der Waals surface area contributed by atoms with Crippen LogP contribution in [0.4, 0.5) is 0 Å². The van der Waals surface area contributed by atoms with Gasteiger partial charge in [0.25, 0.3) is 5.91 Å². The second-order valence-electron chi connectivity index (χ2n) is 4.53. The number of nitrogens with zero attached hydrogens (tertiary/aromatic N) is 2. The third-order valence-corrected chi connectivity index (χ3v) is 4.10. The fraction of sp³-hybridized carbons (Fsp3) is 0.133. The lowest BCUT2D eigenvalue weighted by Gasteiger charge is -2.05. The summed E-state index contributed by atoms with van der Waals surface area (Å²) in [5, 5.41) is 3.38. The van der Waals surface area contributed by atoms with Crippen LogP contribution in [0.1, 0.15) is 15.9 Å². The number of halogens is 1. The van der Waals surface area contributed by atoms with E-state index >= 15 is 0 Å². The molecule has 1 aromatic carbocycles. The molecule has 1 amide bonds. The van der Waals surface area contributed by atoms with Crippen molar-refractivity contribution in [1.82, 2.24) is 15.3 Å². The molecule has 2 aromatic heterocycles. The molecule has 4 nitrogen and oxygen atoms in total. The molecule has 0 saturated carbocycles. The number of amides is 1. The van der Waals surface area contributed by atoms with E-state index in [1.54, 1.807) is 23.8 Å². The highest BCUT2D eigenvalue weighted by atomic mass is 35.5. The molecule has 3 aromatic rings. The van der Waals surface area contributed by atoms with Crippen LogP contribution in [0.5, 0.6) is 0 Å². The SMILES string of the molecule is O=C(NCCc1ccc(Cl)nc1)c1ccc2ncsc2c1. The van der Waals surface area contributed by atoms with Crippen molar-refractivity contribution in [3.8, 4) is 0 Å². The van der Waals surface area contributed by atoms with Crippen molar-refractivity contribution in [3.05, 3.63) is 58.3 Å². The van der Waals surface area contributed by atoms with Crippen molar-refractivity contribution in [2.75, 3.05) is 6.54 Å². The summed E-state index contributed by atoms with van der Waals surface area (Å²) in [5.74, 6) is -0.0766. The van der Waals surface area contributed by atoms with Crippen molar-refractivity contribution in [1.29, 1.82) is 0 Å². The van der Waals surface area contributed by atoms with Crippen LogP contribution in [-0.2, 0) is 6.42 Å². The van der Waals surface area contributed by atoms with Gasteiger partial charge in [-0.05, 0) is 36.2 Å². The van der Waals surface area contributed by atoms with Crippen LogP contribution in [0.2, 0.25) is 5.15 Å². The van der Waals surface area contributed by atoms with Crippen molar-refractivity contribution >= 4 is 39.1 Å². The van der Waals surface area contributed by atoms with E-state index in [9.17, 15) is 4.79 Å². The number of benzene rings is 1. The van der Waals surface area contributed by atoms with E-state index in [1.165, 1.54) is 11.3 Å². The van der Waals surface area contributed by atoms with E-state index < -0.39 is 0 Å². The number of rotatable bonds is 4. The third-order valence-electron chi connectivity index (χ3n) is 3.08. The van der Waals surface area contributed by atoms with Gasteiger partial charge in [0, 0.05) is 18.3 Å². The Labute approximate surface area is 130 Å². The molecule has 106 valence electrons. The number of hydrogen-bond donors (Lipinski definition) is 1. The van der Waals surface area contributed by atoms with Crippen molar-refractivity contribution in [2.24, 2.45) is 0 Å². The summed E-state index contributed by atoms with van der Waals surface area (Å²) in [7, 11) is 0. The number of pyridine rings is 1. The van der Waals surface area contributed by atoms with Crippen LogP contribution >= 0.6 is 22.9 Å². The second-order valence-corrected chi connectivity index (χ2v) is 5.80. The van der Waals surface area contributed by atoms with Gasteiger partial charge < -0.3 is 5.32 Å². The predicted octanol–water partition coefficient (Wildman–Crippen LogP) is 3.32. The molecule has 0 spiro atoms. The summed E-state index contributed by atoms with van der Waals surface area (Å²) in [5.41, 5.74) is 4.39. The summed E-state index contributed by atoms with van der Waals surface area (Å²) in [6.45, 7) is 0.558. The molecule has 0 aliphatic rings. The molecule has 0 aliphatic carbocycles. The van der Waals surface area contributed by atoms with Gasteiger partial charge in [-0.3, -0.25) is 4.79 Å². The molecule has 0 atom stereocenters. The molecule has 21 heavy (non-hydrogen) atoms. The first-order valence-corrected chi connectivity index (χ1v) is 7.70. The number of fused-ring (bicyclic) bond motifs is 1. The summed E-state index contributed by atoms with van der Waals surface area (Å²) < 4.78 is 1.02. The highest BCUT2D eigenvalue weighted by molar-refractivity contribution is 7.16. The Kier molecular flexibility index (Phi) is 4.13. The molecule has 3 rings (SSSR count). The quantitative estimate of drug-likeness (QED) is 0.751. The Morgan fingerprint density at radius 2 is 2.14 bits per heavy atom. The van der Waals surface area contributed by atoms with E-state index in [1.807, 2.05) is 18.2 Å². The fourth-order valence-electron chi connectivity index (χ4n) is 1.97. The topological polar surface area (TPSA) is 54.9 Å². The molecule has 0 aliphatic heterocycles. The first kappa shape index (κ1) is 14.0. The van der Waals surface area contributed by atoms with Gasteiger partial charge in [-0.25, -0.2) is 9.97 Å². The maximum Gasteiger partial charge on any atom is 0.251 e. The minimum Gasteiger partial charge on any atom is -0.352 e. The summed E-state index contributed by atoms with van der Waals surface area (Å²) in [6, 6.07) is 9.18. The molecule has 0 radical (unpaired) electrons. The normalized spacial score (nSPS) is 10.7. The number of thiazole rings is 1. The van der Waals surface area contributed by atoms with Crippen molar-refractivity contribution in [2.45, 2.75) is 6.42 Å². The van der Waals surface area contributed by atoms with E-state index in [0.717, 1.165) is 22.2 Å². The molecular formula is C15H12ClN3OS. The van der Waals surface area contributed by atoms with Gasteiger partial charge >= 0.3 is 0 Å². The lowest BCUT2D eigenvalue weighted by Crippen LogP contribution is -2.25. The largest absolute Gasteiger partial charge is 0.352 e. The van der Waals surface area contributed by atoms with Gasteiger partial charge in [0.05, 0.1) is 15.7 Å². The number of nitrogens with one attached hydrogen (secondary N) is 1. The summed E-state index contributed by atoms with van der Waals surface area (Å²) in [4.78, 5) is 20.3. The molecule has 1 N–H and O–H groups in total.